The highest BCUT2D eigenvalue weighted by Gasteiger charge is 2.19. The first-order chi connectivity index (χ1) is 11.1. The maximum atomic E-state index is 12.0. The Morgan fingerprint density at radius 2 is 2.13 bits per heavy atom. The van der Waals surface area contributed by atoms with E-state index in [1.165, 1.54) is 11.3 Å². The first-order valence-corrected chi connectivity index (χ1v) is 7.96. The van der Waals surface area contributed by atoms with E-state index in [1.54, 1.807) is 25.3 Å². The Balaban J connectivity index is 1.54. The molecular formula is C16H15N3O3S. The van der Waals surface area contributed by atoms with Gasteiger partial charge in [0.1, 0.15) is 0 Å². The number of amides is 1. The fraction of sp³-hybridized carbons (Fsp3) is 0.188. The van der Waals surface area contributed by atoms with Gasteiger partial charge in [-0.15, -0.1) is 11.3 Å². The zero-order chi connectivity index (χ0) is 16.2. The van der Waals surface area contributed by atoms with Crippen LogP contribution in [0.4, 0.5) is 5.69 Å². The molecule has 0 fully saturated rings. The van der Waals surface area contributed by atoms with Crippen molar-refractivity contribution in [3.05, 3.63) is 53.8 Å². The summed E-state index contributed by atoms with van der Waals surface area (Å²) in [5, 5.41) is 4.61. The van der Waals surface area contributed by atoms with E-state index in [1.807, 2.05) is 34.2 Å². The Hall–Kier alpha value is -2.67. The van der Waals surface area contributed by atoms with Gasteiger partial charge in [-0.2, -0.15) is 0 Å². The number of para-hydroxylation sites is 1. The minimum absolute atomic E-state index is 0.0390. The van der Waals surface area contributed by atoms with Gasteiger partial charge in [0.15, 0.2) is 11.1 Å². The zero-order valence-electron chi connectivity index (χ0n) is 12.4. The monoisotopic (exact) mass is 329 g/mol. The molecule has 6 nitrogen and oxygen atoms in total. The molecule has 3 rings (SSSR count). The van der Waals surface area contributed by atoms with Gasteiger partial charge in [0, 0.05) is 23.5 Å². The number of imidazole rings is 1. The molecule has 1 atom stereocenters. The highest BCUT2D eigenvalue weighted by atomic mass is 32.1. The number of carbonyl (C=O) groups is 2. The number of fused-ring (bicyclic) bond motifs is 1. The number of carbonyl (C=O) groups excluding carboxylic acids is 2. The minimum atomic E-state index is -0.869. The van der Waals surface area contributed by atoms with Crippen molar-refractivity contribution < 1.29 is 14.3 Å². The molecule has 0 unspecified atom stereocenters. The summed E-state index contributed by atoms with van der Waals surface area (Å²) in [6, 6.07) is 9.02. The van der Waals surface area contributed by atoms with E-state index in [4.69, 9.17) is 4.74 Å². The maximum Gasteiger partial charge on any atom is 0.312 e. The molecule has 0 aliphatic carbocycles. The van der Waals surface area contributed by atoms with Crippen LogP contribution in [0, 0.1) is 0 Å². The van der Waals surface area contributed by atoms with Crippen molar-refractivity contribution in [2.24, 2.45) is 0 Å². The number of anilines is 1. The molecule has 0 saturated heterocycles. The topological polar surface area (TPSA) is 72.7 Å². The highest BCUT2D eigenvalue weighted by Crippen LogP contribution is 2.12. The van der Waals surface area contributed by atoms with E-state index in [0.29, 0.717) is 11.4 Å². The first kappa shape index (κ1) is 15.2. The highest BCUT2D eigenvalue weighted by molar-refractivity contribution is 7.15. The minimum Gasteiger partial charge on any atom is -0.452 e. The van der Waals surface area contributed by atoms with Crippen molar-refractivity contribution in [3.8, 4) is 0 Å². The van der Waals surface area contributed by atoms with E-state index in [0.717, 1.165) is 4.96 Å². The fourth-order valence-electron chi connectivity index (χ4n) is 2.07. The number of hydrogen-bond donors (Lipinski definition) is 1. The van der Waals surface area contributed by atoms with Crippen molar-refractivity contribution in [1.29, 1.82) is 0 Å². The lowest BCUT2D eigenvalue weighted by Gasteiger charge is -2.13. The van der Waals surface area contributed by atoms with Gasteiger partial charge >= 0.3 is 5.97 Å². The lowest BCUT2D eigenvalue weighted by Crippen LogP contribution is -2.30. The number of nitrogens with zero attached hydrogens (tertiary/aromatic N) is 2. The number of esters is 1. The van der Waals surface area contributed by atoms with Crippen LogP contribution in [0.5, 0.6) is 0 Å². The summed E-state index contributed by atoms with van der Waals surface area (Å²) in [6.07, 6.45) is 2.82. The van der Waals surface area contributed by atoms with E-state index >= 15 is 0 Å². The molecule has 0 radical (unpaired) electrons. The van der Waals surface area contributed by atoms with Crippen LogP contribution < -0.4 is 5.32 Å². The van der Waals surface area contributed by atoms with Crippen LogP contribution >= 0.6 is 11.3 Å². The van der Waals surface area contributed by atoms with Crippen LogP contribution in [-0.2, 0) is 20.7 Å². The Kier molecular flexibility index (Phi) is 4.38. The molecule has 0 aliphatic rings. The summed E-state index contributed by atoms with van der Waals surface area (Å²) >= 11 is 1.49. The van der Waals surface area contributed by atoms with Gasteiger partial charge in [-0.05, 0) is 19.1 Å². The van der Waals surface area contributed by atoms with Crippen LogP contribution in [0.1, 0.15) is 12.6 Å². The van der Waals surface area contributed by atoms with Gasteiger partial charge in [0.2, 0.25) is 0 Å². The lowest BCUT2D eigenvalue weighted by atomic mass is 10.3. The van der Waals surface area contributed by atoms with E-state index in [-0.39, 0.29) is 12.3 Å². The van der Waals surface area contributed by atoms with Crippen molar-refractivity contribution >= 4 is 33.9 Å². The van der Waals surface area contributed by atoms with E-state index < -0.39 is 12.1 Å². The zero-order valence-corrected chi connectivity index (χ0v) is 13.2. The Bertz CT molecular complexity index is 797. The Morgan fingerprint density at radius 3 is 2.87 bits per heavy atom. The molecule has 1 N–H and O–H groups in total. The van der Waals surface area contributed by atoms with Crippen LogP contribution in [0.25, 0.3) is 4.96 Å². The quantitative estimate of drug-likeness (QED) is 0.730. The number of aromatic nitrogens is 2. The smallest absolute Gasteiger partial charge is 0.312 e. The van der Waals surface area contributed by atoms with Crippen molar-refractivity contribution in [2.75, 3.05) is 5.32 Å². The SMILES string of the molecule is C[C@H](OC(=O)Cc1cn2ccsc2n1)C(=O)Nc1ccccc1. The number of benzene rings is 1. The second kappa shape index (κ2) is 6.62. The van der Waals surface area contributed by atoms with Crippen LogP contribution in [0.15, 0.2) is 48.1 Å². The summed E-state index contributed by atoms with van der Waals surface area (Å²) in [6.45, 7) is 1.54. The molecule has 118 valence electrons. The van der Waals surface area contributed by atoms with Crippen LogP contribution in [0.3, 0.4) is 0 Å². The predicted octanol–water partition coefficient (Wildman–Crippen LogP) is 2.51. The molecule has 0 bridgehead atoms. The fourth-order valence-corrected chi connectivity index (χ4v) is 2.79. The molecule has 3 aromatic rings. The van der Waals surface area contributed by atoms with Gasteiger partial charge in [0.05, 0.1) is 12.1 Å². The third-order valence-corrected chi connectivity index (χ3v) is 3.96. The Morgan fingerprint density at radius 1 is 1.35 bits per heavy atom. The normalized spacial score (nSPS) is 12.0. The average molecular weight is 329 g/mol. The van der Waals surface area contributed by atoms with Crippen molar-refractivity contribution in [2.45, 2.75) is 19.4 Å². The number of thiazole rings is 1. The molecule has 0 aliphatic heterocycles. The van der Waals surface area contributed by atoms with Crippen LogP contribution in [0.2, 0.25) is 0 Å². The van der Waals surface area contributed by atoms with Gasteiger partial charge < -0.3 is 10.1 Å². The third-order valence-electron chi connectivity index (χ3n) is 3.19. The number of hydrogen-bond acceptors (Lipinski definition) is 5. The van der Waals surface area contributed by atoms with E-state index in [9.17, 15) is 9.59 Å². The molecule has 2 heterocycles. The average Bonchev–Trinajstić information content (AvgIpc) is 3.09. The summed E-state index contributed by atoms with van der Waals surface area (Å²) in [7, 11) is 0. The van der Waals surface area contributed by atoms with Crippen LogP contribution in [-0.4, -0.2) is 27.4 Å². The summed E-state index contributed by atoms with van der Waals surface area (Å²) in [4.78, 5) is 29.1. The summed E-state index contributed by atoms with van der Waals surface area (Å²) in [5.41, 5.74) is 1.28. The lowest BCUT2D eigenvalue weighted by molar-refractivity contribution is -0.152. The third kappa shape index (κ3) is 3.75. The number of ether oxygens (including phenoxy) is 1. The Labute approximate surface area is 136 Å². The molecular weight excluding hydrogens is 314 g/mol. The van der Waals surface area contributed by atoms with E-state index in [2.05, 4.69) is 10.3 Å². The molecule has 0 saturated carbocycles. The maximum absolute atomic E-state index is 12.0. The molecule has 2 aromatic heterocycles. The van der Waals surface area contributed by atoms with Gasteiger partial charge in [0.25, 0.3) is 5.91 Å². The van der Waals surface area contributed by atoms with Gasteiger partial charge in [-0.1, -0.05) is 18.2 Å². The van der Waals surface area contributed by atoms with Gasteiger partial charge in [-0.25, -0.2) is 4.98 Å². The number of rotatable bonds is 5. The molecule has 7 heteroatoms. The molecule has 0 spiro atoms. The largest absolute Gasteiger partial charge is 0.452 e. The predicted molar refractivity (Wildman–Crippen MR) is 87.4 cm³/mol. The second-order valence-corrected chi connectivity index (χ2v) is 5.86. The van der Waals surface area contributed by atoms with Gasteiger partial charge in [-0.3, -0.25) is 14.0 Å². The number of nitrogens with one attached hydrogen (secondary N) is 1. The molecule has 1 aromatic carbocycles. The molecule has 23 heavy (non-hydrogen) atoms. The summed E-state index contributed by atoms with van der Waals surface area (Å²) < 4.78 is 7.01. The van der Waals surface area contributed by atoms with Crippen molar-refractivity contribution in [1.82, 2.24) is 9.38 Å². The first-order valence-electron chi connectivity index (χ1n) is 7.08. The summed E-state index contributed by atoms with van der Waals surface area (Å²) in [5.74, 6) is -0.846. The standard InChI is InChI=1S/C16H15N3O3S/c1-11(15(21)17-12-5-3-2-4-6-12)22-14(20)9-13-10-19-7-8-23-16(19)18-13/h2-8,10-11H,9H2,1H3,(H,17,21)/t11-/m0/s1. The second-order valence-electron chi connectivity index (χ2n) is 4.99. The molecule has 1 amide bonds. The van der Waals surface area contributed by atoms with Crippen molar-refractivity contribution in [3.63, 3.8) is 0 Å².